The van der Waals surface area contributed by atoms with Gasteiger partial charge in [0, 0.05) is 39.8 Å². The summed E-state index contributed by atoms with van der Waals surface area (Å²) in [7, 11) is 5.27. The number of guanidine groups is 1. The summed E-state index contributed by atoms with van der Waals surface area (Å²) >= 11 is 0. The molecule has 0 aliphatic heterocycles. The summed E-state index contributed by atoms with van der Waals surface area (Å²) in [5.74, 6) is 0.735. The number of nitrogens with zero attached hydrogens (tertiary/aromatic N) is 2. The smallest absolute Gasteiger partial charge is 0.253 e. The van der Waals surface area contributed by atoms with Crippen molar-refractivity contribution >= 4 is 35.8 Å². The number of nitrogens with one attached hydrogen (secondary N) is 2. The summed E-state index contributed by atoms with van der Waals surface area (Å²) in [5, 5.41) is 6.69. The first-order valence-electron chi connectivity index (χ1n) is 10.4. The molecule has 0 heterocycles. The van der Waals surface area contributed by atoms with Crippen molar-refractivity contribution in [2.45, 2.75) is 20.0 Å². The molecule has 0 radical (unpaired) electrons. The van der Waals surface area contributed by atoms with Crippen LogP contribution in [0, 0.1) is 6.92 Å². The molecule has 3 aromatic carbocycles. The van der Waals surface area contributed by atoms with E-state index in [2.05, 4.69) is 71.1 Å². The summed E-state index contributed by atoms with van der Waals surface area (Å²) in [6.07, 6.45) is 0. The van der Waals surface area contributed by atoms with Crippen LogP contribution in [0.2, 0.25) is 0 Å². The molecule has 0 saturated heterocycles. The molecule has 0 aromatic heterocycles. The first-order valence-corrected chi connectivity index (χ1v) is 10.4. The maximum atomic E-state index is 12.0. The van der Waals surface area contributed by atoms with Crippen LogP contribution in [0.25, 0.3) is 11.1 Å². The van der Waals surface area contributed by atoms with Gasteiger partial charge in [-0.1, -0.05) is 60.2 Å². The molecule has 0 saturated carbocycles. The normalized spacial score (nSPS) is 10.8. The molecule has 2 N–H and O–H groups in total. The van der Waals surface area contributed by atoms with Crippen molar-refractivity contribution in [3.8, 4) is 11.1 Å². The van der Waals surface area contributed by atoms with E-state index in [1.165, 1.54) is 22.3 Å². The molecule has 0 bridgehead atoms. The highest BCUT2D eigenvalue weighted by atomic mass is 127. The van der Waals surface area contributed by atoms with E-state index in [1.807, 2.05) is 24.3 Å². The second-order valence-electron chi connectivity index (χ2n) is 7.75. The Morgan fingerprint density at radius 1 is 0.844 bits per heavy atom. The molecule has 0 aliphatic rings. The molecule has 1 amide bonds. The van der Waals surface area contributed by atoms with Crippen LogP contribution < -0.4 is 10.6 Å². The van der Waals surface area contributed by atoms with E-state index in [9.17, 15) is 4.79 Å². The highest BCUT2D eigenvalue weighted by molar-refractivity contribution is 14.0. The molecule has 0 atom stereocenters. The zero-order chi connectivity index (χ0) is 22.2. The van der Waals surface area contributed by atoms with E-state index in [0.717, 1.165) is 11.5 Å². The number of rotatable bonds is 6. The predicted octanol–water partition coefficient (Wildman–Crippen LogP) is 4.85. The number of aryl methyl sites for hydroxylation is 1. The van der Waals surface area contributed by atoms with Gasteiger partial charge in [-0.05, 0) is 47.4 Å². The van der Waals surface area contributed by atoms with Crippen LogP contribution in [0.5, 0.6) is 0 Å². The quantitative estimate of drug-likeness (QED) is 0.266. The molecule has 5 nitrogen and oxygen atoms in total. The molecule has 168 valence electrons. The lowest BCUT2D eigenvalue weighted by atomic mass is 10.0. The molecule has 32 heavy (non-hydrogen) atoms. The van der Waals surface area contributed by atoms with Crippen molar-refractivity contribution in [1.82, 2.24) is 15.5 Å². The van der Waals surface area contributed by atoms with Gasteiger partial charge in [-0.2, -0.15) is 0 Å². The fourth-order valence-electron chi connectivity index (χ4n) is 3.30. The average molecular weight is 542 g/mol. The van der Waals surface area contributed by atoms with E-state index in [-0.39, 0.29) is 29.9 Å². The number of carbonyl (C=O) groups is 1. The molecule has 0 aliphatic carbocycles. The summed E-state index contributed by atoms with van der Waals surface area (Å²) in [6, 6.07) is 24.7. The van der Waals surface area contributed by atoms with Gasteiger partial charge in [0.1, 0.15) is 0 Å². The largest absolute Gasteiger partial charge is 0.352 e. The Balaban J connectivity index is 0.00000363. The maximum Gasteiger partial charge on any atom is 0.253 e. The van der Waals surface area contributed by atoms with Crippen LogP contribution in [-0.4, -0.2) is 37.9 Å². The Morgan fingerprint density at radius 2 is 1.44 bits per heavy atom. The second kappa shape index (κ2) is 12.2. The summed E-state index contributed by atoms with van der Waals surface area (Å²) in [5.41, 5.74) is 6.64. The van der Waals surface area contributed by atoms with Gasteiger partial charge in [-0.15, -0.1) is 24.0 Å². The predicted molar refractivity (Wildman–Crippen MR) is 144 cm³/mol. The van der Waals surface area contributed by atoms with Gasteiger partial charge < -0.3 is 15.5 Å². The van der Waals surface area contributed by atoms with Gasteiger partial charge in [0.05, 0.1) is 0 Å². The summed E-state index contributed by atoms with van der Waals surface area (Å²) in [4.78, 5) is 17.9. The van der Waals surface area contributed by atoms with Gasteiger partial charge in [-0.3, -0.25) is 9.79 Å². The minimum Gasteiger partial charge on any atom is -0.352 e. The van der Waals surface area contributed by atoms with E-state index in [0.29, 0.717) is 18.7 Å². The Bertz CT molecular complexity index is 1060. The van der Waals surface area contributed by atoms with Gasteiger partial charge in [-0.25, -0.2) is 0 Å². The van der Waals surface area contributed by atoms with Crippen LogP contribution in [0.3, 0.4) is 0 Å². The molecule has 3 aromatic rings. The van der Waals surface area contributed by atoms with E-state index < -0.39 is 0 Å². The third kappa shape index (κ3) is 7.09. The Kier molecular flexibility index (Phi) is 9.71. The summed E-state index contributed by atoms with van der Waals surface area (Å²) in [6.45, 7) is 3.41. The van der Waals surface area contributed by atoms with Crippen molar-refractivity contribution in [2.75, 3.05) is 21.1 Å². The van der Waals surface area contributed by atoms with Gasteiger partial charge in [0.25, 0.3) is 5.91 Å². The lowest BCUT2D eigenvalue weighted by Gasteiger charge is -2.14. The minimum absolute atomic E-state index is 0. The van der Waals surface area contributed by atoms with Crippen LogP contribution in [0.1, 0.15) is 27.0 Å². The molecule has 0 unspecified atom stereocenters. The zero-order valence-corrected chi connectivity index (χ0v) is 21.4. The molecule has 0 spiro atoms. The van der Waals surface area contributed by atoms with E-state index in [1.54, 1.807) is 26.0 Å². The van der Waals surface area contributed by atoms with Crippen LogP contribution in [0.15, 0.2) is 77.8 Å². The fourth-order valence-corrected chi connectivity index (χ4v) is 3.30. The number of carbonyl (C=O) groups excluding carboxylic acids is 1. The van der Waals surface area contributed by atoms with Crippen LogP contribution in [0.4, 0.5) is 0 Å². The maximum absolute atomic E-state index is 12.0. The average Bonchev–Trinajstić information content (AvgIpc) is 2.79. The molecule has 0 fully saturated rings. The number of amides is 1. The highest BCUT2D eigenvalue weighted by Crippen LogP contribution is 2.21. The first-order chi connectivity index (χ1) is 15.0. The monoisotopic (exact) mass is 542 g/mol. The zero-order valence-electron chi connectivity index (χ0n) is 19.1. The van der Waals surface area contributed by atoms with Crippen molar-refractivity contribution in [3.63, 3.8) is 0 Å². The topological polar surface area (TPSA) is 56.7 Å². The minimum atomic E-state index is 0. The number of benzene rings is 3. The van der Waals surface area contributed by atoms with Crippen LogP contribution >= 0.6 is 24.0 Å². The third-order valence-corrected chi connectivity index (χ3v) is 5.03. The Morgan fingerprint density at radius 3 is 2.03 bits per heavy atom. The Hall–Kier alpha value is -2.87. The van der Waals surface area contributed by atoms with Crippen molar-refractivity contribution < 1.29 is 4.79 Å². The highest BCUT2D eigenvalue weighted by Gasteiger charge is 2.07. The SMILES string of the molecule is CN=C(NCc1ccc(C(=O)N(C)C)cc1)NCc1cccc(-c2cccc(C)c2)c1.I. The van der Waals surface area contributed by atoms with Gasteiger partial charge in [0.15, 0.2) is 5.96 Å². The molecular formula is C26H31IN4O. The molecule has 3 rings (SSSR count). The Labute approximate surface area is 208 Å². The first kappa shape index (κ1) is 25.4. The van der Waals surface area contributed by atoms with Gasteiger partial charge >= 0.3 is 0 Å². The van der Waals surface area contributed by atoms with Gasteiger partial charge in [0.2, 0.25) is 0 Å². The lowest BCUT2D eigenvalue weighted by Crippen LogP contribution is -2.36. The number of hydrogen-bond donors (Lipinski definition) is 2. The number of aliphatic imine (C=N–C) groups is 1. The van der Waals surface area contributed by atoms with Crippen molar-refractivity contribution in [3.05, 3.63) is 95.1 Å². The van der Waals surface area contributed by atoms with Crippen molar-refractivity contribution in [1.29, 1.82) is 0 Å². The standard InChI is InChI=1S/C26H30N4O.HI/c1-19-7-5-9-23(15-19)24-10-6-8-21(16-24)18-29-26(27-2)28-17-20-11-13-22(14-12-20)25(31)30(3)4;/h5-16H,17-18H2,1-4H3,(H2,27,28,29);1H. The summed E-state index contributed by atoms with van der Waals surface area (Å²) < 4.78 is 0. The van der Waals surface area contributed by atoms with E-state index in [4.69, 9.17) is 0 Å². The third-order valence-electron chi connectivity index (χ3n) is 5.03. The van der Waals surface area contributed by atoms with Crippen LogP contribution in [-0.2, 0) is 13.1 Å². The molecule has 6 heteroatoms. The fraction of sp³-hybridized carbons (Fsp3) is 0.231. The van der Waals surface area contributed by atoms with E-state index >= 15 is 0 Å². The second-order valence-corrected chi connectivity index (χ2v) is 7.75. The number of halogens is 1. The lowest BCUT2D eigenvalue weighted by molar-refractivity contribution is 0.0827. The molecular weight excluding hydrogens is 511 g/mol. The van der Waals surface area contributed by atoms with Crippen molar-refractivity contribution in [2.24, 2.45) is 4.99 Å². The number of hydrogen-bond acceptors (Lipinski definition) is 2.